The predicted octanol–water partition coefficient (Wildman–Crippen LogP) is 19.7. The van der Waals surface area contributed by atoms with E-state index in [2.05, 4.69) is 86.8 Å². The first-order chi connectivity index (χ1) is 36.3. The molecule has 0 amide bonds. The van der Waals surface area contributed by atoms with E-state index >= 15 is 0 Å². The second kappa shape index (κ2) is 59.7. The number of rotatable bonds is 58. The molecule has 10 heteroatoms. The number of hydrogen-bond acceptors (Lipinski definition) is 8. The van der Waals surface area contributed by atoms with Gasteiger partial charge in [0.25, 0.3) is 0 Å². The molecule has 2 unspecified atom stereocenters. The average molecular weight is 1060 g/mol. The van der Waals surface area contributed by atoms with Crippen LogP contribution in [0.2, 0.25) is 0 Å². The fourth-order valence-corrected chi connectivity index (χ4v) is 9.58. The Kier molecular flexibility index (Phi) is 57.6. The van der Waals surface area contributed by atoms with E-state index in [9.17, 15) is 19.0 Å². The number of allylic oxidation sites excluding steroid dienone is 12. The van der Waals surface area contributed by atoms with Crippen LogP contribution in [0.5, 0.6) is 0 Å². The van der Waals surface area contributed by atoms with Gasteiger partial charge < -0.3 is 20.1 Å². The summed E-state index contributed by atoms with van der Waals surface area (Å²) in [6, 6.07) is 0. The Morgan fingerprint density at radius 3 is 1.11 bits per heavy atom. The number of nitrogens with two attached hydrogens (primary N) is 1. The molecule has 9 nitrogen and oxygen atoms in total. The monoisotopic (exact) mass is 1060 g/mol. The van der Waals surface area contributed by atoms with Crippen molar-refractivity contribution in [1.82, 2.24) is 0 Å². The Labute approximate surface area is 456 Å². The topological polar surface area (TPSA) is 134 Å². The third-order valence-electron chi connectivity index (χ3n) is 13.4. The summed E-state index contributed by atoms with van der Waals surface area (Å²) in [5, 5.41) is 0. The smallest absolute Gasteiger partial charge is 0.462 e. The molecule has 0 saturated heterocycles. The summed E-state index contributed by atoms with van der Waals surface area (Å²) in [5.41, 5.74) is 5.39. The molecule has 0 heterocycles. The third-order valence-corrected chi connectivity index (χ3v) is 14.3. The van der Waals surface area contributed by atoms with Crippen LogP contribution in [-0.4, -0.2) is 49.3 Å². The number of unbranched alkanes of at least 4 members (excludes halogenated alkanes) is 33. The van der Waals surface area contributed by atoms with E-state index in [1.807, 2.05) is 0 Å². The standard InChI is InChI=1S/C64H116NO8P/c1-3-5-7-9-11-13-15-17-19-21-23-25-26-27-28-29-30-31-32-33-34-35-36-37-39-41-43-45-47-49-51-53-55-57-64(67)73-62(61-72-74(68,69)71-59-58-65)60-70-63(66)56-54-52-50-48-46-44-42-40-38-24-22-20-18-16-14-12-10-8-6-4-2/h5,7,11,13,17,19,23,25,27-28,30-31,62H,3-4,6,8-10,12,14-16,18,20-22,24,26,29,32-61,65H2,1-2H3,(H,68,69)/b7-5-,13-11-,19-17-,25-23-,28-27-,31-30-. The van der Waals surface area contributed by atoms with E-state index in [0.717, 1.165) is 77.0 Å². The van der Waals surface area contributed by atoms with Gasteiger partial charge in [0.05, 0.1) is 13.2 Å². The molecule has 0 aromatic rings. The zero-order valence-corrected chi connectivity index (χ0v) is 49.0. The van der Waals surface area contributed by atoms with E-state index in [4.69, 9.17) is 24.3 Å². The van der Waals surface area contributed by atoms with Crippen molar-refractivity contribution < 1.29 is 37.6 Å². The van der Waals surface area contributed by atoms with Gasteiger partial charge >= 0.3 is 19.8 Å². The van der Waals surface area contributed by atoms with Crippen molar-refractivity contribution in [1.29, 1.82) is 0 Å². The summed E-state index contributed by atoms with van der Waals surface area (Å²) in [6.07, 6.45) is 76.8. The van der Waals surface area contributed by atoms with Crippen LogP contribution in [0.25, 0.3) is 0 Å². The first-order valence-electron chi connectivity index (χ1n) is 30.9. The molecule has 0 aliphatic carbocycles. The fourth-order valence-electron chi connectivity index (χ4n) is 8.82. The molecule has 0 rings (SSSR count). The number of ether oxygens (including phenoxy) is 2. The lowest BCUT2D eigenvalue weighted by Gasteiger charge is -2.19. The van der Waals surface area contributed by atoms with Crippen LogP contribution in [-0.2, 0) is 32.7 Å². The van der Waals surface area contributed by atoms with Crippen molar-refractivity contribution in [3.63, 3.8) is 0 Å². The van der Waals surface area contributed by atoms with Gasteiger partial charge in [-0.25, -0.2) is 4.57 Å². The van der Waals surface area contributed by atoms with Gasteiger partial charge in [0.15, 0.2) is 6.10 Å². The lowest BCUT2D eigenvalue weighted by atomic mass is 10.0. The Morgan fingerprint density at radius 1 is 0.419 bits per heavy atom. The molecular formula is C64H116NO8P. The molecule has 0 spiro atoms. The summed E-state index contributed by atoms with van der Waals surface area (Å²) in [5.74, 6) is -0.816. The van der Waals surface area contributed by atoms with Crippen LogP contribution < -0.4 is 5.73 Å². The van der Waals surface area contributed by atoms with E-state index in [-0.39, 0.29) is 38.6 Å². The molecule has 2 atom stereocenters. The summed E-state index contributed by atoms with van der Waals surface area (Å²) in [6.45, 7) is 3.67. The summed E-state index contributed by atoms with van der Waals surface area (Å²) in [4.78, 5) is 35.2. The van der Waals surface area contributed by atoms with Crippen LogP contribution >= 0.6 is 7.82 Å². The first kappa shape index (κ1) is 71.5. The van der Waals surface area contributed by atoms with E-state index < -0.39 is 26.5 Å². The summed E-state index contributed by atoms with van der Waals surface area (Å²) >= 11 is 0. The van der Waals surface area contributed by atoms with Crippen LogP contribution in [0.1, 0.15) is 290 Å². The van der Waals surface area contributed by atoms with E-state index in [0.29, 0.717) is 6.42 Å². The number of phosphoric ester groups is 1. The SMILES string of the molecule is CC/C=C\C/C=C\C/C=C\C/C=C\C/C=C\C/C=C\CCCCCCCCCCCCCCCCC(=O)OC(COC(=O)CCCCCCCCCCCCCCCCCCCCCC)COP(=O)(O)OCCN. The van der Waals surface area contributed by atoms with Crippen molar-refractivity contribution in [2.45, 2.75) is 296 Å². The van der Waals surface area contributed by atoms with E-state index in [1.54, 1.807) is 0 Å². The summed E-state index contributed by atoms with van der Waals surface area (Å²) in [7, 11) is -4.39. The van der Waals surface area contributed by atoms with Gasteiger partial charge in [0.2, 0.25) is 0 Å². The Balaban J connectivity index is 3.91. The number of esters is 2. The van der Waals surface area contributed by atoms with Crippen molar-refractivity contribution in [3.05, 3.63) is 72.9 Å². The molecule has 0 saturated carbocycles. The highest BCUT2D eigenvalue weighted by Crippen LogP contribution is 2.43. The molecule has 0 fully saturated rings. The first-order valence-corrected chi connectivity index (χ1v) is 32.4. The van der Waals surface area contributed by atoms with Gasteiger partial charge in [-0.05, 0) is 64.2 Å². The number of phosphoric acid groups is 1. The number of carbonyl (C=O) groups is 2. The van der Waals surface area contributed by atoms with Gasteiger partial charge in [0.1, 0.15) is 6.61 Å². The van der Waals surface area contributed by atoms with Crippen molar-refractivity contribution >= 4 is 19.8 Å². The highest BCUT2D eigenvalue weighted by molar-refractivity contribution is 7.47. The molecular weight excluding hydrogens is 942 g/mol. The van der Waals surface area contributed by atoms with E-state index in [1.165, 1.54) is 180 Å². The van der Waals surface area contributed by atoms with Crippen LogP contribution in [0.4, 0.5) is 0 Å². The van der Waals surface area contributed by atoms with Crippen molar-refractivity contribution in [2.24, 2.45) is 5.73 Å². The zero-order chi connectivity index (χ0) is 53.8. The lowest BCUT2D eigenvalue weighted by Crippen LogP contribution is -2.29. The van der Waals surface area contributed by atoms with Crippen molar-refractivity contribution in [3.8, 4) is 0 Å². The van der Waals surface area contributed by atoms with Gasteiger partial charge in [-0.3, -0.25) is 18.6 Å². The Morgan fingerprint density at radius 2 is 0.743 bits per heavy atom. The number of carbonyl (C=O) groups excluding carboxylic acids is 2. The third kappa shape index (κ3) is 58.7. The highest BCUT2D eigenvalue weighted by atomic mass is 31.2. The number of hydrogen-bond donors (Lipinski definition) is 2. The van der Waals surface area contributed by atoms with Crippen LogP contribution in [0.15, 0.2) is 72.9 Å². The second-order valence-corrected chi connectivity index (χ2v) is 22.0. The Hall–Kier alpha value is -2.55. The molecule has 430 valence electrons. The minimum absolute atomic E-state index is 0.0531. The van der Waals surface area contributed by atoms with Gasteiger partial charge in [-0.2, -0.15) is 0 Å². The Bertz CT molecular complexity index is 1440. The molecule has 3 N–H and O–H groups in total. The molecule has 0 aromatic heterocycles. The van der Waals surface area contributed by atoms with Gasteiger partial charge in [-0.15, -0.1) is 0 Å². The lowest BCUT2D eigenvalue weighted by molar-refractivity contribution is -0.161. The minimum Gasteiger partial charge on any atom is -0.462 e. The fraction of sp³-hybridized carbons (Fsp3) is 0.781. The van der Waals surface area contributed by atoms with Gasteiger partial charge in [-0.1, -0.05) is 286 Å². The zero-order valence-electron chi connectivity index (χ0n) is 48.1. The molecule has 74 heavy (non-hydrogen) atoms. The molecule has 0 radical (unpaired) electrons. The predicted molar refractivity (Wildman–Crippen MR) is 316 cm³/mol. The molecule has 0 aliphatic heterocycles. The second-order valence-electron chi connectivity index (χ2n) is 20.6. The molecule has 0 aliphatic rings. The normalized spacial score (nSPS) is 13.5. The highest BCUT2D eigenvalue weighted by Gasteiger charge is 2.26. The maximum atomic E-state index is 12.7. The van der Waals surface area contributed by atoms with Crippen molar-refractivity contribution in [2.75, 3.05) is 26.4 Å². The van der Waals surface area contributed by atoms with Crippen LogP contribution in [0, 0.1) is 0 Å². The largest absolute Gasteiger partial charge is 0.472 e. The maximum Gasteiger partial charge on any atom is 0.472 e. The molecule has 0 aromatic carbocycles. The van der Waals surface area contributed by atoms with Gasteiger partial charge in [0, 0.05) is 19.4 Å². The average Bonchev–Trinajstić information content (AvgIpc) is 3.39. The minimum atomic E-state index is -4.39. The molecule has 0 bridgehead atoms. The summed E-state index contributed by atoms with van der Waals surface area (Å²) < 4.78 is 33.1. The quantitative estimate of drug-likeness (QED) is 0.0264. The van der Waals surface area contributed by atoms with Crippen LogP contribution in [0.3, 0.4) is 0 Å². The maximum absolute atomic E-state index is 12.7.